The van der Waals surface area contributed by atoms with Crippen LogP contribution in [-0.4, -0.2) is 9.97 Å². The van der Waals surface area contributed by atoms with Crippen molar-refractivity contribution in [1.82, 2.24) is 9.97 Å². The SMILES string of the molecule is CCc1cccc(-c2ncc[nH]2)c1. The summed E-state index contributed by atoms with van der Waals surface area (Å²) < 4.78 is 0. The van der Waals surface area contributed by atoms with E-state index in [9.17, 15) is 0 Å². The summed E-state index contributed by atoms with van der Waals surface area (Å²) in [4.78, 5) is 7.30. The first-order valence-corrected chi connectivity index (χ1v) is 4.49. The number of hydrogen-bond donors (Lipinski definition) is 1. The molecule has 0 atom stereocenters. The number of aryl methyl sites for hydroxylation is 1. The van der Waals surface area contributed by atoms with Crippen molar-refractivity contribution in [3.8, 4) is 11.4 Å². The molecule has 0 aliphatic carbocycles. The maximum absolute atomic E-state index is 4.21. The van der Waals surface area contributed by atoms with Crippen LogP contribution >= 0.6 is 0 Å². The van der Waals surface area contributed by atoms with Gasteiger partial charge in [0.05, 0.1) is 0 Å². The maximum atomic E-state index is 4.21. The molecule has 0 saturated carbocycles. The summed E-state index contributed by atoms with van der Waals surface area (Å²) in [7, 11) is 0. The second kappa shape index (κ2) is 3.44. The molecule has 0 radical (unpaired) electrons. The molecule has 0 spiro atoms. The van der Waals surface area contributed by atoms with Gasteiger partial charge in [0, 0.05) is 18.0 Å². The van der Waals surface area contributed by atoms with Crippen LogP contribution < -0.4 is 0 Å². The molecule has 0 bridgehead atoms. The Morgan fingerprint density at radius 1 is 1.38 bits per heavy atom. The second-order valence-electron chi connectivity index (χ2n) is 2.99. The molecule has 13 heavy (non-hydrogen) atoms. The third kappa shape index (κ3) is 1.61. The minimum atomic E-state index is 0.940. The number of H-pyrrole nitrogens is 1. The van der Waals surface area contributed by atoms with Gasteiger partial charge in [0.25, 0.3) is 0 Å². The number of imidazole rings is 1. The van der Waals surface area contributed by atoms with Crippen molar-refractivity contribution < 1.29 is 0 Å². The van der Waals surface area contributed by atoms with Gasteiger partial charge >= 0.3 is 0 Å². The number of benzene rings is 1. The molecule has 2 nitrogen and oxygen atoms in total. The van der Waals surface area contributed by atoms with Gasteiger partial charge in [-0.05, 0) is 18.1 Å². The zero-order valence-corrected chi connectivity index (χ0v) is 7.62. The molecule has 2 rings (SSSR count). The molecule has 66 valence electrons. The first-order chi connectivity index (χ1) is 6.40. The van der Waals surface area contributed by atoms with Gasteiger partial charge in [-0.2, -0.15) is 0 Å². The standard InChI is InChI=1S/C11H12N2/c1-2-9-4-3-5-10(8-9)11-12-6-7-13-11/h3-8H,2H2,1H3,(H,12,13). The predicted octanol–water partition coefficient (Wildman–Crippen LogP) is 2.64. The Kier molecular flexibility index (Phi) is 2.13. The highest BCUT2D eigenvalue weighted by molar-refractivity contribution is 5.55. The fraction of sp³-hybridized carbons (Fsp3) is 0.182. The monoisotopic (exact) mass is 172 g/mol. The van der Waals surface area contributed by atoms with Crippen LogP contribution in [0.1, 0.15) is 12.5 Å². The van der Waals surface area contributed by atoms with Gasteiger partial charge in [0.15, 0.2) is 0 Å². The lowest BCUT2D eigenvalue weighted by molar-refractivity contribution is 1.14. The van der Waals surface area contributed by atoms with E-state index in [-0.39, 0.29) is 0 Å². The lowest BCUT2D eigenvalue weighted by Gasteiger charge is -1.99. The highest BCUT2D eigenvalue weighted by Gasteiger charge is 1.98. The van der Waals surface area contributed by atoms with Gasteiger partial charge in [-0.25, -0.2) is 4.98 Å². The summed E-state index contributed by atoms with van der Waals surface area (Å²) in [6, 6.07) is 8.43. The Balaban J connectivity index is 2.41. The lowest BCUT2D eigenvalue weighted by atomic mass is 10.1. The maximum Gasteiger partial charge on any atom is 0.137 e. The Hall–Kier alpha value is -1.57. The molecule has 0 saturated heterocycles. The van der Waals surface area contributed by atoms with Crippen molar-refractivity contribution in [3.05, 3.63) is 42.2 Å². The van der Waals surface area contributed by atoms with Crippen molar-refractivity contribution in [3.63, 3.8) is 0 Å². The molecule has 0 fully saturated rings. The highest BCUT2D eigenvalue weighted by Crippen LogP contribution is 2.15. The van der Waals surface area contributed by atoms with Gasteiger partial charge in [0.2, 0.25) is 0 Å². The van der Waals surface area contributed by atoms with Crippen LogP contribution in [0.5, 0.6) is 0 Å². The average molecular weight is 172 g/mol. The summed E-state index contributed by atoms with van der Waals surface area (Å²) in [6.45, 7) is 2.15. The second-order valence-corrected chi connectivity index (χ2v) is 2.99. The van der Waals surface area contributed by atoms with Crippen LogP contribution in [0.15, 0.2) is 36.7 Å². The first-order valence-electron chi connectivity index (χ1n) is 4.49. The molecule has 1 aromatic carbocycles. The van der Waals surface area contributed by atoms with E-state index in [2.05, 4.69) is 41.2 Å². The van der Waals surface area contributed by atoms with E-state index in [0.717, 1.165) is 17.8 Å². The number of aromatic amines is 1. The summed E-state index contributed by atoms with van der Waals surface area (Å²) in [6.07, 6.45) is 4.68. The number of rotatable bonds is 2. The van der Waals surface area contributed by atoms with Crippen LogP contribution in [0.25, 0.3) is 11.4 Å². The van der Waals surface area contributed by atoms with Crippen molar-refractivity contribution in [2.75, 3.05) is 0 Å². The van der Waals surface area contributed by atoms with Gasteiger partial charge in [-0.1, -0.05) is 25.1 Å². The molecule has 0 aliphatic rings. The fourth-order valence-corrected chi connectivity index (χ4v) is 1.36. The van der Waals surface area contributed by atoms with Crippen LogP contribution in [-0.2, 0) is 6.42 Å². The topological polar surface area (TPSA) is 28.7 Å². The molecule has 1 heterocycles. The number of hydrogen-bond acceptors (Lipinski definition) is 1. The molecule has 2 aromatic rings. The number of nitrogens with one attached hydrogen (secondary N) is 1. The van der Waals surface area contributed by atoms with E-state index in [1.54, 1.807) is 6.20 Å². The van der Waals surface area contributed by atoms with E-state index >= 15 is 0 Å². The average Bonchev–Trinajstić information content (AvgIpc) is 2.71. The molecular formula is C11H12N2. The highest BCUT2D eigenvalue weighted by atomic mass is 14.9. The quantitative estimate of drug-likeness (QED) is 0.741. The van der Waals surface area contributed by atoms with Crippen molar-refractivity contribution in [2.24, 2.45) is 0 Å². The summed E-state index contributed by atoms with van der Waals surface area (Å²) >= 11 is 0. The lowest BCUT2D eigenvalue weighted by Crippen LogP contribution is -1.83. The van der Waals surface area contributed by atoms with Crippen LogP contribution in [0.3, 0.4) is 0 Å². The predicted molar refractivity (Wildman–Crippen MR) is 53.4 cm³/mol. The minimum absolute atomic E-state index is 0.940. The summed E-state index contributed by atoms with van der Waals surface area (Å²) in [5, 5.41) is 0. The van der Waals surface area contributed by atoms with E-state index in [0.29, 0.717) is 0 Å². The summed E-state index contributed by atoms with van der Waals surface area (Å²) in [5.74, 6) is 0.940. The van der Waals surface area contributed by atoms with Crippen LogP contribution in [0.4, 0.5) is 0 Å². The Labute approximate surface area is 77.6 Å². The molecule has 0 aliphatic heterocycles. The zero-order chi connectivity index (χ0) is 9.10. The number of nitrogens with zero attached hydrogens (tertiary/aromatic N) is 1. The van der Waals surface area contributed by atoms with Crippen molar-refractivity contribution in [1.29, 1.82) is 0 Å². The Morgan fingerprint density at radius 3 is 3.00 bits per heavy atom. The molecule has 1 aromatic heterocycles. The van der Waals surface area contributed by atoms with E-state index < -0.39 is 0 Å². The van der Waals surface area contributed by atoms with Crippen molar-refractivity contribution in [2.45, 2.75) is 13.3 Å². The third-order valence-corrected chi connectivity index (χ3v) is 2.11. The van der Waals surface area contributed by atoms with Gasteiger partial charge in [-0.15, -0.1) is 0 Å². The third-order valence-electron chi connectivity index (χ3n) is 2.11. The van der Waals surface area contributed by atoms with E-state index in [4.69, 9.17) is 0 Å². The summed E-state index contributed by atoms with van der Waals surface area (Å²) in [5.41, 5.74) is 2.50. The van der Waals surface area contributed by atoms with Gasteiger partial charge < -0.3 is 4.98 Å². The largest absolute Gasteiger partial charge is 0.345 e. The number of aromatic nitrogens is 2. The first kappa shape index (κ1) is 8.05. The van der Waals surface area contributed by atoms with Gasteiger partial charge in [0.1, 0.15) is 5.82 Å². The van der Waals surface area contributed by atoms with E-state index in [1.165, 1.54) is 5.56 Å². The van der Waals surface area contributed by atoms with E-state index in [1.807, 2.05) is 6.20 Å². The smallest absolute Gasteiger partial charge is 0.137 e. The van der Waals surface area contributed by atoms with Gasteiger partial charge in [-0.3, -0.25) is 0 Å². The molecule has 2 heteroatoms. The fourth-order valence-electron chi connectivity index (χ4n) is 1.36. The Bertz CT molecular complexity index is 377. The molecule has 1 N–H and O–H groups in total. The molecule has 0 amide bonds. The van der Waals surface area contributed by atoms with Crippen LogP contribution in [0.2, 0.25) is 0 Å². The van der Waals surface area contributed by atoms with Crippen LogP contribution in [0, 0.1) is 0 Å². The van der Waals surface area contributed by atoms with Crippen molar-refractivity contribution >= 4 is 0 Å². The minimum Gasteiger partial charge on any atom is -0.345 e. The molecular weight excluding hydrogens is 160 g/mol. The molecule has 0 unspecified atom stereocenters. The normalized spacial score (nSPS) is 10.2. The zero-order valence-electron chi connectivity index (χ0n) is 7.62. The Morgan fingerprint density at radius 2 is 2.31 bits per heavy atom.